The Morgan fingerprint density at radius 1 is 1.21 bits per heavy atom. The average Bonchev–Trinajstić information content (AvgIpc) is 3.33. The number of fused-ring (bicyclic) bond motifs is 1. The van der Waals surface area contributed by atoms with E-state index in [-0.39, 0.29) is 12.2 Å². The van der Waals surface area contributed by atoms with Gasteiger partial charge in [-0.1, -0.05) is 12.1 Å². The van der Waals surface area contributed by atoms with Crippen LogP contribution in [0.5, 0.6) is 0 Å². The number of pyridine rings is 1. The average molecular weight is 358 g/mol. The van der Waals surface area contributed by atoms with Gasteiger partial charge in [-0.15, -0.1) is 22.7 Å². The van der Waals surface area contributed by atoms with Crippen molar-refractivity contribution in [2.75, 3.05) is 0 Å². The molecular formula is C16H11FN4OS2. The number of carbonyl (C=O) groups excluding carboxylic acids is 1. The number of thiazole rings is 1. The van der Waals surface area contributed by atoms with Crippen molar-refractivity contribution in [1.29, 1.82) is 0 Å². The van der Waals surface area contributed by atoms with E-state index >= 15 is 0 Å². The lowest BCUT2D eigenvalue weighted by atomic mass is 10.4. The molecular weight excluding hydrogens is 347 g/mol. The molecule has 0 aliphatic rings. The van der Waals surface area contributed by atoms with Gasteiger partial charge in [0.05, 0.1) is 17.1 Å². The summed E-state index contributed by atoms with van der Waals surface area (Å²) in [6, 6.07) is 9.03. The van der Waals surface area contributed by atoms with Gasteiger partial charge in [0.2, 0.25) is 5.95 Å². The Bertz CT molecular complexity index is 1010. The van der Waals surface area contributed by atoms with Gasteiger partial charge in [0.1, 0.15) is 10.7 Å². The summed E-state index contributed by atoms with van der Waals surface area (Å²) >= 11 is 3.13. The minimum absolute atomic E-state index is 0.213. The molecule has 0 aromatic carbocycles. The molecule has 120 valence electrons. The number of amides is 1. The topological polar surface area (TPSA) is 59.3 Å². The van der Waals surface area contributed by atoms with Gasteiger partial charge in [-0.2, -0.15) is 4.39 Å². The smallest absolute Gasteiger partial charge is 0.275 e. The van der Waals surface area contributed by atoms with Gasteiger partial charge in [-0.05, 0) is 23.6 Å². The lowest BCUT2D eigenvalue weighted by Gasteiger charge is -2.00. The van der Waals surface area contributed by atoms with Crippen LogP contribution in [0.2, 0.25) is 0 Å². The second kappa shape index (κ2) is 6.14. The van der Waals surface area contributed by atoms with Crippen molar-refractivity contribution < 1.29 is 9.18 Å². The summed E-state index contributed by atoms with van der Waals surface area (Å²) in [5.74, 6) is -1.22. The number of rotatable bonds is 4. The highest BCUT2D eigenvalue weighted by Crippen LogP contribution is 2.27. The van der Waals surface area contributed by atoms with Crippen LogP contribution >= 0.6 is 22.7 Å². The summed E-state index contributed by atoms with van der Waals surface area (Å²) in [6.45, 7) is 0.230. The molecule has 5 nitrogen and oxygen atoms in total. The first-order valence-corrected chi connectivity index (χ1v) is 8.87. The van der Waals surface area contributed by atoms with E-state index in [0.717, 1.165) is 15.6 Å². The fourth-order valence-electron chi connectivity index (χ4n) is 2.27. The van der Waals surface area contributed by atoms with E-state index in [4.69, 9.17) is 0 Å². The molecule has 0 unspecified atom stereocenters. The van der Waals surface area contributed by atoms with Gasteiger partial charge in [0.15, 0.2) is 5.69 Å². The first-order valence-electron chi connectivity index (χ1n) is 7.11. The maximum Gasteiger partial charge on any atom is 0.275 e. The molecule has 0 saturated carbocycles. The van der Waals surface area contributed by atoms with Gasteiger partial charge >= 0.3 is 0 Å². The van der Waals surface area contributed by atoms with E-state index in [1.165, 1.54) is 21.9 Å². The molecule has 0 spiro atoms. The number of carbonyl (C=O) groups is 1. The zero-order valence-corrected chi connectivity index (χ0v) is 13.9. The predicted octanol–water partition coefficient (Wildman–Crippen LogP) is 3.59. The molecule has 0 fully saturated rings. The van der Waals surface area contributed by atoms with Gasteiger partial charge in [0, 0.05) is 11.6 Å². The number of halogens is 1. The highest BCUT2D eigenvalue weighted by atomic mass is 32.1. The number of imidazole rings is 1. The maximum atomic E-state index is 14.2. The molecule has 0 saturated heterocycles. The number of hydrogen-bond acceptors (Lipinski definition) is 5. The Morgan fingerprint density at radius 3 is 2.92 bits per heavy atom. The van der Waals surface area contributed by atoms with Crippen molar-refractivity contribution in [2.45, 2.75) is 6.54 Å². The van der Waals surface area contributed by atoms with E-state index in [1.54, 1.807) is 29.5 Å². The SMILES string of the molecule is O=C(NCc1csc(-c2cccs2)n1)c1nc2ccccn2c1F. The number of nitrogens with one attached hydrogen (secondary N) is 1. The van der Waals surface area contributed by atoms with E-state index in [0.29, 0.717) is 5.65 Å². The summed E-state index contributed by atoms with van der Waals surface area (Å²) in [4.78, 5) is 21.8. The van der Waals surface area contributed by atoms with Crippen LogP contribution in [0.1, 0.15) is 16.2 Å². The largest absolute Gasteiger partial charge is 0.345 e. The first-order chi connectivity index (χ1) is 11.7. The summed E-state index contributed by atoms with van der Waals surface area (Å²) in [5, 5.41) is 7.45. The zero-order chi connectivity index (χ0) is 16.5. The van der Waals surface area contributed by atoms with Crippen molar-refractivity contribution in [3.63, 3.8) is 0 Å². The predicted molar refractivity (Wildman–Crippen MR) is 91.7 cm³/mol. The van der Waals surface area contributed by atoms with Crippen LogP contribution in [0.25, 0.3) is 15.5 Å². The standard InChI is InChI=1S/C16H11FN4OS2/c17-14-13(20-12-5-1-2-6-21(12)14)15(22)18-8-10-9-24-16(19-10)11-4-3-7-23-11/h1-7,9H,8H2,(H,18,22). The second-order valence-corrected chi connectivity index (χ2v) is 6.79. The van der Waals surface area contributed by atoms with Crippen molar-refractivity contribution in [3.05, 3.63) is 64.6 Å². The van der Waals surface area contributed by atoms with Gasteiger partial charge < -0.3 is 5.32 Å². The molecule has 0 bridgehead atoms. The lowest BCUT2D eigenvalue weighted by molar-refractivity contribution is 0.0941. The Balaban J connectivity index is 1.49. The van der Waals surface area contributed by atoms with E-state index < -0.39 is 11.9 Å². The number of aromatic nitrogens is 3. The molecule has 1 N–H and O–H groups in total. The van der Waals surface area contributed by atoms with Gasteiger partial charge in [0.25, 0.3) is 5.91 Å². The van der Waals surface area contributed by atoms with Gasteiger partial charge in [-0.3, -0.25) is 9.20 Å². The van der Waals surface area contributed by atoms with E-state index in [2.05, 4.69) is 15.3 Å². The fourth-order valence-corrected chi connectivity index (χ4v) is 3.90. The highest BCUT2D eigenvalue weighted by Gasteiger charge is 2.19. The summed E-state index contributed by atoms with van der Waals surface area (Å²) in [5.41, 5.74) is 0.921. The number of thiophene rings is 1. The molecule has 0 atom stereocenters. The van der Waals surface area contributed by atoms with Crippen LogP contribution in [-0.2, 0) is 6.54 Å². The normalized spacial score (nSPS) is 11.0. The number of nitrogens with zero attached hydrogens (tertiary/aromatic N) is 3. The quantitative estimate of drug-likeness (QED) is 0.606. The third kappa shape index (κ3) is 2.70. The van der Waals surface area contributed by atoms with Crippen molar-refractivity contribution in [2.24, 2.45) is 0 Å². The molecule has 1 amide bonds. The summed E-state index contributed by atoms with van der Waals surface area (Å²) < 4.78 is 15.5. The molecule has 4 heterocycles. The van der Waals surface area contributed by atoms with Crippen LogP contribution in [-0.4, -0.2) is 20.3 Å². The van der Waals surface area contributed by atoms with Crippen LogP contribution in [0.15, 0.2) is 47.3 Å². The van der Waals surface area contributed by atoms with Crippen molar-refractivity contribution in [3.8, 4) is 9.88 Å². The lowest BCUT2D eigenvalue weighted by Crippen LogP contribution is -2.24. The van der Waals surface area contributed by atoms with Crippen molar-refractivity contribution >= 4 is 34.2 Å². The van der Waals surface area contributed by atoms with E-state index in [9.17, 15) is 9.18 Å². The zero-order valence-electron chi connectivity index (χ0n) is 12.3. The molecule has 4 aromatic heterocycles. The van der Waals surface area contributed by atoms with Crippen LogP contribution < -0.4 is 5.32 Å². The molecule has 24 heavy (non-hydrogen) atoms. The van der Waals surface area contributed by atoms with Gasteiger partial charge in [-0.25, -0.2) is 9.97 Å². The summed E-state index contributed by atoms with van der Waals surface area (Å²) in [6.07, 6.45) is 1.53. The minimum atomic E-state index is -0.666. The minimum Gasteiger partial charge on any atom is -0.345 e. The summed E-state index contributed by atoms with van der Waals surface area (Å²) in [7, 11) is 0. The third-order valence-electron chi connectivity index (χ3n) is 3.40. The molecule has 4 aromatic rings. The molecule has 0 aliphatic carbocycles. The fraction of sp³-hybridized carbons (Fsp3) is 0.0625. The van der Waals surface area contributed by atoms with E-state index in [1.807, 2.05) is 22.9 Å². The van der Waals surface area contributed by atoms with Crippen LogP contribution in [0.3, 0.4) is 0 Å². The monoisotopic (exact) mass is 358 g/mol. The molecule has 4 rings (SSSR count). The van der Waals surface area contributed by atoms with Crippen LogP contribution in [0, 0.1) is 5.95 Å². The van der Waals surface area contributed by atoms with Crippen LogP contribution in [0.4, 0.5) is 4.39 Å². The molecule has 0 aliphatic heterocycles. The molecule has 8 heteroatoms. The first kappa shape index (κ1) is 15.0. The maximum absolute atomic E-state index is 14.2. The Kier molecular flexibility index (Phi) is 3.83. The Hall–Kier alpha value is -2.58. The molecule has 0 radical (unpaired) electrons. The second-order valence-electron chi connectivity index (χ2n) is 4.98. The number of hydrogen-bond donors (Lipinski definition) is 1. The highest BCUT2D eigenvalue weighted by molar-refractivity contribution is 7.20. The Morgan fingerprint density at radius 2 is 2.12 bits per heavy atom. The third-order valence-corrected chi connectivity index (χ3v) is 5.33. The Labute approximate surface area is 144 Å². The van der Waals surface area contributed by atoms with Crippen molar-refractivity contribution in [1.82, 2.24) is 19.7 Å².